The van der Waals surface area contributed by atoms with Crippen molar-refractivity contribution in [1.29, 1.82) is 0 Å². The van der Waals surface area contributed by atoms with Gasteiger partial charge in [0.25, 0.3) is 5.91 Å². The Bertz CT molecular complexity index is 730. The van der Waals surface area contributed by atoms with Crippen molar-refractivity contribution in [1.82, 2.24) is 15.3 Å². The molecule has 3 rings (SSSR count). The first kappa shape index (κ1) is 18.3. The van der Waals surface area contributed by atoms with Gasteiger partial charge in [0.15, 0.2) is 0 Å². The molecule has 2 heterocycles. The number of aryl methyl sites for hydroxylation is 1. The largest absolute Gasteiger partial charge is 0.376 e. The molecule has 6 nitrogen and oxygen atoms in total. The number of anilines is 1. The van der Waals surface area contributed by atoms with Crippen molar-refractivity contribution in [2.75, 3.05) is 24.6 Å². The summed E-state index contributed by atoms with van der Waals surface area (Å²) in [6, 6.07) is 11.9. The molecule has 1 unspecified atom stereocenters. The third-order valence-electron chi connectivity index (χ3n) is 4.47. The minimum absolute atomic E-state index is 0.117. The van der Waals surface area contributed by atoms with Gasteiger partial charge in [-0.3, -0.25) is 4.79 Å². The topological polar surface area (TPSA) is 67.4 Å². The van der Waals surface area contributed by atoms with Crippen LogP contribution in [0.4, 0.5) is 5.95 Å². The van der Waals surface area contributed by atoms with Gasteiger partial charge in [0.05, 0.1) is 6.10 Å². The van der Waals surface area contributed by atoms with Gasteiger partial charge < -0.3 is 15.0 Å². The van der Waals surface area contributed by atoms with Crippen molar-refractivity contribution in [2.45, 2.75) is 39.3 Å². The number of benzene rings is 1. The lowest BCUT2D eigenvalue weighted by Gasteiger charge is -2.22. The Balaban J connectivity index is 1.71. The van der Waals surface area contributed by atoms with Gasteiger partial charge >= 0.3 is 0 Å². The predicted molar refractivity (Wildman–Crippen MR) is 101 cm³/mol. The number of carbonyl (C=O) groups excluding carboxylic acids is 1. The van der Waals surface area contributed by atoms with Crippen LogP contribution in [0.15, 0.2) is 36.4 Å². The molecule has 0 radical (unpaired) electrons. The zero-order chi connectivity index (χ0) is 18.4. The second-order valence-corrected chi connectivity index (χ2v) is 6.54. The fourth-order valence-corrected chi connectivity index (χ4v) is 3.04. The SMILES string of the molecule is CCN(Cc1ccccc1)c1nc(C)cc(C(=O)NCC2CCCO2)n1. The smallest absolute Gasteiger partial charge is 0.270 e. The van der Waals surface area contributed by atoms with Gasteiger partial charge in [-0.1, -0.05) is 30.3 Å². The van der Waals surface area contributed by atoms with E-state index in [1.165, 1.54) is 5.56 Å². The fourth-order valence-electron chi connectivity index (χ4n) is 3.04. The molecular formula is C20H26N4O2. The molecule has 0 saturated carbocycles. The number of ether oxygens (including phenoxy) is 1. The molecule has 0 spiro atoms. The lowest BCUT2D eigenvalue weighted by atomic mass is 10.2. The molecule has 1 aliphatic rings. The standard InChI is InChI=1S/C20H26N4O2/c1-3-24(14-16-8-5-4-6-9-16)20-22-15(2)12-18(23-20)19(25)21-13-17-10-7-11-26-17/h4-6,8-9,12,17H,3,7,10-11,13-14H2,1-2H3,(H,21,25). The van der Waals surface area contributed by atoms with E-state index in [9.17, 15) is 4.79 Å². The highest BCUT2D eigenvalue weighted by Gasteiger charge is 2.18. The van der Waals surface area contributed by atoms with Crippen LogP contribution in [0.2, 0.25) is 0 Å². The van der Waals surface area contributed by atoms with Crippen LogP contribution in [0.3, 0.4) is 0 Å². The number of rotatable bonds is 7. The summed E-state index contributed by atoms with van der Waals surface area (Å²) in [6.07, 6.45) is 2.17. The Morgan fingerprint density at radius 2 is 2.12 bits per heavy atom. The van der Waals surface area contributed by atoms with E-state index in [1.54, 1.807) is 6.07 Å². The molecule has 26 heavy (non-hydrogen) atoms. The molecule has 1 aromatic carbocycles. The Hall–Kier alpha value is -2.47. The van der Waals surface area contributed by atoms with E-state index in [-0.39, 0.29) is 12.0 Å². The number of aromatic nitrogens is 2. The van der Waals surface area contributed by atoms with Crippen LogP contribution >= 0.6 is 0 Å². The summed E-state index contributed by atoms with van der Waals surface area (Å²) < 4.78 is 5.55. The molecule has 0 aliphatic carbocycles. The first-order valence-corrected chi connectivity index (χ1v) is 9.20. The molecule has 1 amide bonds. The van der Waals surface area contributed by atoms with Crippen LogP contribution in [-0.2, 0) is 11.3 Å². The number of hydrogen-bond donors (Lipinski definition) is 1. The van der Waals surface area contributed by atoms with E-state index < -0.39 is 0 Å². The van der Waals surface area contributed by atoms with E-state index >= 15 is 0 Å². The molecule has 1 aromatic heterocycles. The van der Waals surface area contributed by atoms with Crippen LogP contribution < -0.4 is 10.2 Å². The summed E-state index contributed by atoms with van der Waals surface area (Å²) in [7, 11) is 0. The van der Waals surface area contributed by atoms with Gasteiger partial charge in [-0.15, -0.1) is 0 Å². The second-order valence-electron chi connectivity index (χ2n) is 6.54. The second kappa shape index (κ2) is 8.76. The van der Waals surface area contributed by atoms with Crippen LogP contribution in [0.1, 0.15) is 41.5 Å². The van der Waals surface area contributed by atoms with Gasteiger partial charge in [0.1, 0.15) is 5.69 Å². The third-order valence-corrected chi connectivity index (χ3v) is 4.47. The van der Waals surface area contributed by atoms with E-state index in [4.69, 9.17) is 4.74 Å². The van der Waals surface area contributed by atoms with E-state index in [2.05, 4.69) is 39.2 Å². The van der Waals surface area contributed by atoms with Crippen molar-refractivity contribution >= 4 is 11.9 Å². The minimum Gasteiger partial charge on any atom is -0.376 e. The highest BCUT2D eigenvalue weighted by molar-refractivity contribution is 5.92. The number of hydrogen-bond acceptors (Lipinski definition) is 5. The highest BCUT2D eigenvalue weighted by Crippen LogP contribution is 2.15. The molecule has 1 N–H and O–H groups in total. The van der Waals surface area contributed by atoms with Gasteiger partial charge in [0, 0.05) is 31.9 Å². The average molecular weight is 354 g/mol. The molecule has 138 valence electrons. The number of nitrogens with zero attached hydrogens (tertiary/aromatic N) is 3. The Kier molecular flexibility index (Phi) is 6.17. The van der Waals surface area contributed by atoms with Crippen LogP contribution in [0.5, 0.6) is 0 Å². The zero-order valence-electron chi connectivity index (χ0n) is 15.4. The van der Waals surface area contributed by atoms with E-state index in [1.807, 2.05) is 25.1 Å². The number of nitrogens with one attached hydrogen (secondary N) is 1. The summed E-state index contributed by atoms with van der Waals surface area (Å²) in [4.78, 5) is 23.6. The van der Waals surface area contributed by atoms with Crippen molar-refractivity contribution in [3.63, 3.8) is 0 Å². The number of amides is 1. The maximum Gasteiger partial charge on any atom is 0.270 e. The normalized spacial score (nSPS) is 16.5. The summed E-state index contributed by atoms with van der Waals surface area (Å²) in [6.45, 7) is 6.72. The summed E-state index contributed by atoms with van der Waals surface area (Å²) >= 11 is 0. The van der Waals surface area contributed by atoms with E-state index in [0.29, 0.717) is 24.7 Å². The Morgan fingerprint density at radius 1 is 1.31 bits per heavy atom. The molecule has 1 saturated heterocycles. The van der Waals surface area contributed by atoms with Gasteiger partial charge in [-0.2, -0.15) is 0 Å². The predicted octanol–water partition coefficient (Wildman–Crippen LogP) is 2.72. The quantitative estimate of drug-likeness (QED) is 0.828. The summed E-state index contributed by atoms with van der Waals surface area (Å²) in [5.41, 5.74) is 2.37. The molecule has 2 aromatic rings. The Labute approximate surface area is 154 Å². The number of carbonyl (C=O) groups is 1. The van der Waals surface area contributed by atoms with E-state index in [0.717, 1.165) is 31.7 Å². The van der Waals surface area contributed by atoms with Crippen molar-refractivity contribution < 1.29 is 9.53 Å². The average Bonchev–Trinajstić information content (AvgIpc) is 3.18. The molecule has 1 atom stereocenters. The molecule has 1 aliphatic heterocycles. The molecular weight excluding hydrogens is 328 g/mol. The van der Waals surface area contributed by atoms with Crippen LogP contribution in [0, 0.1) is 6.92 Å². The lowest BCUT2D eigenvalue weighted by molar-refractivity contribution is 0.0853. The monoisotopic (exact) mass is 354 g/mol. The molecule has 6 heteroatoms. The fraction of sp³-hybridized carbons (Fsp3) is 0.450. The Morgan fingerprint density at radius 3 is 2.81 bits per heavy atom. The maximum absolute atomic E-state index is 12.5. The van der Waals surface area contributed by atoms with Gasteiger partial charge in [-0.05, 0) is 38.3 Å². The summed E-state index contributed by atoms with van der Waals surface area (Å²) in [5, 5.41) is 2.93. The first-order chi connectivity index (χ1) is 12.7. The third kappa shape index (κ3) is 4.79. The van der Waals surface area contributed by atoms with Gasteiger partial charge in [-0.25, -0.2) is 9.97 Å². The minimum atomic E-state index is -0.178. The molecule has 0 bridgehead atoms. The summed E-state index contributed by atoms with van der Waals surface area (Å²) in [5.74, 6) is 0.404. The van der Waals surface area contributed by atoms with Crippen molar-refractivity contribution in [2.24, 2.45) is 0 Å². The first-order valence-electron chi connectivity index (χ1n) is 9.20. The lowest BCUT2D eigenvalue weighted by Crippen LogP contribution is -2.33. The van der Waals surface area contributed by atoms with Crippen LogP contribution in [0.25, 0.3) is 0 Å². The molecule has 1 fully saturated rings. The van der Waals surface area contributed by atoms with Gasteiger partial charge in [0.2, 0.25) is 5.95 Å². The van der Waals surface area contributed by atoms with Crippen LogP contribution in [-0.4, -0.2) is 41.7 Å². The van der Waals surface area contributed by atoms with Crippen molar-refractivity contribution in [3.05, 3.63) is 53.3 Å². The van der Waals surface area contributed by atoms with Crippen molar-refractivity contribution in [3.8, 4) is 0 Å². The highest BCUT2D eigenvalue weighted by atomic mass is 16.5. The zero-order valence-corrected chi connectivity index (χ0v) is 15.4. The maximum atomic E-state index is 12.5.